The van der Waals surface area contributed by atoms with Crippen molar-refractivity contribution >= 4 is 11.8 Å². The van der Waals surface area contributed by atoms with Gasteiger partial charge in [-0.15, -0.1) is 0 Å². The van der Waals surface area contributed by atoms with Crippen LogP contribution in [-0.2, 0) is 4.79 Å². The first-order valence-corrected chi connectivity index (χ1v) is 6.38. The minimum absolute atomic E-state index is 0.000859. The molecular weight excluding hydrogens is 216 g/mol. The molecular formula is C13H24N2O2. The van der Waals surface area contributed by atoms with Crippen LogP contribution in [0.25, 0.3) is 0 Å². The van der Waals surface area contributed by atoms with E-state index in [1.165, 1.54) is 19.8 Å². The zero-order chi connectivity index (χ0) is 13.1. The van der Waals surface area contributed by atoms with E-state index >= 15 is 0 Å². The molecule has 0 aliphatic heterocycles. The fraction of sp³-hybridized carbons (Fsp3) is 0.846. The predicted molar refractivity (Wildman–Crippen MR) is 67.8 cm³/mol. The van der Waals surface area contributed by atoms with Crippen molar-refractivity contribution in [1.29, 1.82) is 0 Å². The monoisotopic (exact) mass is 240 g/mol. The molecule has 2 N–H and O–H groups in total. The first kappa shape index (κ1) is 14.0. The molecule has 0 saturated heterocycles. The van der Waals surface area contributed by atoms with E-state index in [9.17, 15) is 9.59 Å². The topological polar surface area (TPSA) is 58.2 Å². The van der Waals surface area contributed by atoms with Crippen LogP contribution in [-0.4, -0.2) is 23.9 Å². The molecule has 0 aromatic carbocycles. The fourth-order valence-electron chi connectivity index (χ4n) is 2.36. The minimum Gasteiger partial charge on any atom is -0.335 e. The van der Waals surface area contributed by atoms with E-state index in [0.717, 1.165) is 12.8 Å². The number of nitrogens with one attached hydrogen (secondary N) is 2. The highest BCUT2D eigenvalue weighted by Crippen LogP contribution is 2.20. The van der Waals surface area contributed by atoms with Gasteiger partial charge in [-0.05, 0) is 25.2 Å². The van der Waals surface area contributed by atoms with E-state index in [1.807, 2.05) is 20.8 Å². The van der Waals surface area contributed by atoms with Crippen molar-refractivity contribution in [2.45, 2.75) is 65.5 Å². The largest absolute Gasteiger partial charge is 0.335 e. The predicted octanol–water partition coefficient (Wildman–Crippen LogP) is 2.23. The number of rotatable bonds is 3. The Bertz CT molecular complexity index is 288. The number of ketones is 1. The van der Waals surface area contributed by atoms with Gasteiger partial charge in [0, 0.05) is 6.04 Å². The van der Waals surface area contributed by atoms with Gasteiger partial charge in [0.25, 0.3) is 0 Å². The van der Waals surface area contributed by atoms with Gasteiger partial charge < -0.3 is 10.6 Å². The summed E-state index contributed by atoms with van der Waals surface area (Å²) in [6.45, 7) is 7.38. The standard InChI is InChI=1S/C13H24N2O2/c1-9(16)11(13(2,3)4)15-12(17)14-10-7-5-6-8-10/h10-11H,5-8H2,1-4H3,(H2,14,15,17)/t11-/m1/s1. The van der Waals surface area contributed by atoms with E-state index in [2.05, 4.69) is 10.6 Å². The second kappa shape index (κ2) is 5.52. The van der Waals surface area contributed by atoms with Crippen LogP contribution in [0.1, 0.15) is 53.4 Å². The van der Waals surface area contributed by atoms with E-state index in [4.69, 9.17) is 0 Å². The molecule has 1 atom stereocenters. The summed E-state index contributed by atoms with van der Waals surface area (Å²) in [5.41, 5.74) is -0.251. The van der Waals surface area contributed by atoms with Crippen molar-refractivity contribution < 1.29 is 9.59 Å². The first-order valence-electron chi connectivity index (χ1n) is 6.38. The Balaban J connectivity index is 2.49. The summed E-state index contributed by atoms with van der Waals surface area (Å²) < 4.78 is 0. The fourth-order valence-corrected chi connectivity index (χ4v) is 2.36. The lowest BCUT2D eigenvalue weighted by Crippen LogP contribution is -2.53. The van der Waals surface area contributed by atoms with Crippen molar-refractivity contribution in [2.24, 2.45) is 5.41 Å². The van der Waals surface area contributed by atoms with Gasteiger partial charge in [-0.3, -0.25) is 4.79 Å². The number of carbonyl (C=O) groups is 2. The van der Waals surface area contributed by atoms with Gasteiger partial charge in [-0.1, -0.05) is 33.6 Å². The summed E-state index contributed by atoms with van der Waals surface area (Å²) in [7, 11) is 0. The highest BCUT2D eigenvalue weighted by Gasteiger charge is 2.30. The van der Waals surface area contributed by atoms with Gasteiger partial charge in [0.2, 0.25) is 0 Å². The molecule has 1 rings (SSSR count). The Morgan fingerprint density at radius 1 is 1.18 bits per heavy atom. The van der Waals surface area contributed by atoms with Crippen molar-refractivity contribution in [2.75, 3.05) is 0 Å². The highest BCUT2D eigenvalue weighted by atomic mass is 16.2. The van der Waals surface area contributed by atoms with Crippen LogP contribution in [0, 0.1) is 5.41 Å². The second-order valence-electron chi connectivity index (χ2n) is 6.01. The molecule has 0 aromatic rings. The van der Waals surface area contributed by atoms with E-state index in [-0.39, 0.29) is 23.3 Å². The summed E-state index contributed by atoms with van der Waals surface area (Å²) in [5, 5.41) is 5.72. The van der Waals surface area contributed by atoms with Crippen molar-refractivity contribution in [3.63, 3.8) is 0 Å². The Kier molecular flexibility index (Phi) is 4.54. The maximum absolute atomic E-state index is 11.8. The lowest BCUT2D eigenvalue weighted by Gasteiger charge is -2.29. The number of Topliss-reactive ketones (excluding diaryl/α,β-unsaturated/α-hetero) is 1. The zero-order valence-corrected chi connectivity index (χ0v) is 11.3. The van der Waals surface area contributed by atoms with Crippen LogP contribution in [0.3, 0.4) is 0 Å². The smallest absolute Gasteiger partial charge is 0.315 e. The normalized spacial score (nSPS) is 18.8. The van der Waals surface area contributed by atoms with Gasteiger partial charge in [-0.2, -0.15) is 0 Å². The van der Waals surface area contributed by atoms with Crippen LogP contribution in [0.5, 0.6) is 0 Å². The van der Waals surface area contributed by atoms with Crippen molar-refractivity contribution in [3.05, 3.63) is 0 Å². The molecule has 2 amide bonds. The maximum Gasteiger partial charge on any atom is 0.315 e. The lowest BCUT2D eigenvalue weighted by atomic mass is 9.84. The van der Waals surface area contributed by atoms with Gasteiger partial charge in [0.15, 0.2) is 5.78 Å². The minimum atomic E-state index is -0.427. The van der Waals surface area contributed by atoms with Gasteiger partial charge >= 0.3 is 6.03 Å². The molecule has 0 aromatic heterocycles. The molecule has 0 heterocycles. The molecule has 1 fully saturated rings. The van der Waals surface area contributed by atoms with E-state index < -0.39 is 6.04 Å². The van der Waals surface area contributed by atoms with E-state index in [0.29, 0.717) is 0 Å². The molecule has 0 bridgehead atoms. The zero-order valence-electron chi connectivity index (χ0n) is 11.3. The quantitative estimate of drug-likeness (QED) is 0.794. The molecule has 17 heavy (non-hydrogen) atoms. The number of hydrogen-bond acceptors (Lipinski definition) is 2. The van der Waals surface area contributed by atoms with E-state index in [1.54, 1.807) is 0 Å². The number of carbonyl (C=O) groups excluding carboxylic acids is 2. The summed E-state index contributed by atoms with van der Waals surface area (Å²) in [6.07, 6.45) is 4.46. The average Bonchev–Trinajstić information content (AvgIpc) is 2.64. The van der Waals surface area contributed by atoms with Crippen molar-refractivity contribution in [1.82, 2.24) is 10.6 Å². The van der Waals surface area contributed by atoms with Gasteiger partial charge in [0.05, 0.1) is 6.04 Å². The molecule has 1 aliphatic rings. The summed E-state index contributed by atoms with van der Waals surface area (Å²) in [5.74, 6) is -0.000859. The molecule has 0 spiro atoms. The van der Waals surface area contributed by atoms with Crippen LogP contribution in [0.15, 0.2) is 0 Å². The van der Waals surface area contributed by atoms with Crippen LogP contribution in [0.2, 0.25) is 0 Å². The molecule has 1 aliphatic carbocycles. The highest BCUT2D eigenvalue weighted by molar-refractivity contribution is 5.87. The van der Waals surface area contributed by atoms with Gasteiger partial charge in [0.1, 0.15) is 0 Å². The summed E-state index contributed by atoms with van der Waals surface area (Å²) in [4.78, 5) is 23.3. The van der Waals surface area contributed by atoms with Crippen LogP contribution >= 0.6 is 0 Å². The molecule has 4 nitrogen and oxygen atoms in total. The Morgan fingerprint density at radius 2 is 1.71 bits per heavy atom. The Labute approximate surface area is 104 Å². The lowest BCUT2D eigenvalue weighted by molar-refractivity contribution is -0.121. The third-order valence-electron chi connectivity index (χ3n) is 3.24. The number of amides is 2. The molecule has 1 saturated carbocycles. The summed E-state index contributed by atoms with van der Waals surface area (Å²) in [6, 6.07) is -0.362. The average molecular weight is 240 g/mol. The Morgan fingerprint density at radius 3 is 2.12 bits per heavy atom. The SMILES string of the molecule is CC(=O)[C@@H](NC(=O)NC1CCCC1)C(C)(C)C. The third-order valence-corrected chi connectivity index (χ3v) is 3.24. The maximum atomic E-state index is 11.8. The summed E-state index contributed by atoms with van der Waals surface area (Å²) >= 11 is 0. The van der Waals surface area contributed by atoms with Crippen LogP contribution in [0.4, 0.5) is 4.79 Å². The number of urea groups is 1. The third kappa shape index (κ3) is 4.36. The van der Waals surface area contributed by atoms with Gasteiger partial charge in [-0.25, -0.2) is 4.79 Å². The van der Waals surface area contributed by atoms with Crippen LogP contribution < -0.4 is 10.6 Å². The molecule has 4 heteroatoms. The van der Waals surface area contributed by atoms with Crippen molar-refractivity contribution in [3.8, 4) is 0 Å². The Hall–Kier alpha value is -1.06. The second-order valence-corrected chi connectivity index (χ2v) is 6.01. The molecule has 98 valence electrons. The molecule has 0 unspecified atom stereocenters. The number of hydrogen-bond donors (Lipinski definition) is 2. The molecule has 0 radical (unpaired) electrons. The first-order chi connectivity index (χ1) is 7.80.